The number of benzene rings is 1. The molecule has 0 saturated carbocycles. The molecular weight excluding hydrogens is 243 g/mol. The Bertz CT molecular complexity index is 403. The number of ketones is 1. The lowest BCUT2D eigenvalue weighted by atomic mass is 10.1. The van der Waals surface area contributed by atoms with Gasteiger partial charge in [0, 0.05) is 5.56 Å². The van der Waals surface area contributed by atoms with E-state index in [1.165, 1.54) is 13.0 Å². The van der Waals surface area contributed by atoms with Crippen molar-refractivity contribution in [1.29, 1.82) is 0 Å². The SMILES string of the molecule is CC.CCOc1c(C(C)=O)cc(Cl)c(F)c1C. The largest absolute Gasteiger partial charge is 0.493 e. The average molecular weight is 261 g/mol. The van der Waals surface area contributed by atoms with Crippen molar-refractivity contribution in [1.82, 2.24) is 0 Å². The van der Waals surface area contributed by atoms with Gasteiger partial charge in [-0.1, -0.05) is 25.4 Å². The van der Waals surface area contributed by atoms with E-state index in [1.54, 1.807) is 13.8 Å². The summed E-state index contributed by atoms with van der Waals surface area (Å²) in [6.07, 6.45) is 0. The fourth-order valence-corrected chi connectivity index (χ4v) is 1.58. The van der Waals surface area contributed by atoms with Crippen molar-refractivity contribution in [2.24, 2.45) is 0 Å². The quantitative estimate of drug-likeness (QED) is 0.752. The van der Waals surface area contributed by atoms with Gasteiger partial charge >= 0.3 is 0 Å². The van der Waals surface area contributed by atoms with Crippen molar-refractivity contribution < 1.29 is 13.9 Å². The second-order valence-corrected chi connectivity index (χ2v) is 3.57. The van der Waals surface area contributed by atoms with Crippen LogP contribution >= 0.6 is 11.6 Å². The Morgan fingerprint density at radius 2 is 2.00 bits per heavy atom. The summed E-state index contributed by atoms with van der Waals surface area (Å²) in [4.78, 5) is 11.3. The number of carbonyl (C=O) groups excluding carboxylic acids is 1. The van der Waals surface area contributed by atoms with Crippen LogP contribution in [0.5, 0.6) is 5.75 Å². The normalized spacial score (nSPS) is 9.35. The van der Waals surface area contributed by atoms with E-state index in [2.05, 4.69) is 0 Å². The first-order valence-electron chi connectivity index (χ1n) is 5.61. The summed E-state index contributed by atoms with van der Waals surface area (Å²) in [7, 11) is 0. The molecule has 96 valence electrons. The highest BCUT2D eigenvalue weighted by molar-refractivity contribution is 6.31. The zero-order valence-corrected chi connectivity index (χ0v) is 11.6. The summed E-state index contributed by atoms with van der Waals surface area (Å²) >= 11 is 5.65. The highest BCUT2D eigenvalue weighted by atomic mass is 35.5. The van der Waals surface area contributed by atoms with Gasteiger partial charge in [-0.15, -0.1) is 0 Å². The third-order valence-corrected chi connectivity index (χ3v) is 2.34. The summed E-state index contributed by atoms with van der Waals surface area (Å²) in [5, 5.41) is -0.0545. The molecule has 0 aliphatic rings. The van der Waals surface area contributed by atoms with Crippen LogP contribution in [0.2, 0.25) is 5.02 Å². The van der Waals surface area contributed by atoms with Crippen molar-refractivity contribution in [3.63, 3.8) is 0 Å². The molecule has 0 aromatic heterocycles. The lowest BCUT2D eigenvalue weighted by molar-refractivity contribution is 0.101. The summed E-state index contributed by atoms with van der Waals surface area (Å²) < 4.78 is 18.7. The molecular formula is C13H18ClFO2. The molecule has 0 fully saturated rings. The number of carbonyl (C=O) groups is 1. The van der Waals surface area contributed by atoms with Gasteiger partial charge in [0.2, 0.25) is 0 Å². The van der Waals surface area contributed by atoms with Crippen LogP contribution in [0.1, 0.15) is 43.6 Å². The Hall–Kier alpha value is -1.09. The first kappa shape index (κ1) is 15.9. The van der Waals surface area contributed by atoms with E-state index in [1.807, 2.05) is 13.8 Å². The molecule has 17 heavy (non-hydrogen) atoms. The molecule has 0 aliphatic carbocycles. The van der Waals surface area contributed by atoms with Gasteiger partial charge in [0.1, 0.15) is 11.6 Å². The molecule has 0 amide bonds. The minimum absolute atomic E-state index is 0.0545. The Morgan fingerprint density at radius 1 is 1.47 bits per heavy atom. The molecule has 4 heteroatoms. The van der Waals surface area contributed by atoms with Crippen LogP contribution in [0, 0.1) is 12.7 Å². The molecule has 0 radical (unpaired) electrons. The van der Waals surface area contributed by atoms with Crippen molar-refractivity contribution in [2.45, 2.75) is 34.6 Å². The number of Topliss-reactive ketones (excluding diaryl/α,β-unsaturated/α-hetero) is 1. The monoisotopic (exact) mass is 260 g/mol. The first-order valence-corrected chi connectivity index (χ1v) is 5.99. The molecule has 0 bridgehead atoms. The first-order chi connectivity index (χ1) is 7.99. The van der Waals surface area contributed by atoms with Crippen molar-refractivity contribution in [2.75, 3.05) is 6.61 Å². The van der Waals surface area contributed by atoms with Crippen molar-refractivity contribution >= 4 is 17.4 Å². The Morgan fingerprint density at radius 3 is 2.41 bits per heavy atom. The standard InChI is InChI=1S/C11H12ClFO2.C2H6/c1-4-15-11-6(2)10(13)9(12)5-8(11)7(3)14;1-2/h5H,4H2,1-3H3;1-2H3. The molecule has 1 aromatic carbocycles. The topological polar surface area (TPSA) is 26.3 Å². The smallest absolute Gasteiger partial charge is 0.163 e. The van der Waals surface area contributed by atoms with Crippen LogP contribution in [-0.4, -0.2) is 12.4 Å². The van der Waals surface area contributed by atoms with E-state index in [0.29, 0.717) is 12.2 Å². The van der Waals surface area contributed by atoms with Crippen LogP contribution in [-0.2, 0) is 0 Å². The van der Waals surface area contributed by atoms with Gasteiger partial charge in [0.05, 0.1) is 17.2 Å². The van der Waals surface area contributed by atoms with Gasteiger partial charge in [-0.25, -0.2) is 4.39 Å². The molecule has 1 rings (SSSR count). The number of hydrogen-bond acceptors (Lipinski definition) is 2. The number of rotatable bonds is 3. The molecule has 0 unspecified atom stereocenters. The highest BCUT2D eigenvalue weighted by Crippen LogP contribution is 2.31. The molecule has 0 saturated heterocycles. The van der Waals surface area contributed by atoms with E-state index in [0.717, 1.165) is 0 Å². The maximum atomic E-state index is 13.4. The van der Waals surface area contributed by atoms with Gasteiger partial charge in [-0.05, 0) is 26.8 Å². The Kier molecular flexibility index (Phi) is 6.81. The second kappa shape index (κ2) is 7.28. The van der Waals surface area contributed by atoms with Gasteiger partial charge < -0.3 is 4.74 Å². The van der Waals surface area contributed by atoms with Crippen LogP contribution in [0.3, 0.4) is 0 Å². The zero-order chi connectivity index (χ0) is 13.6. The van der Waals surface area contributed by atoms with Gasteiger partial charge in [-0.2, -0.15) is 0 Å². The van der Waals surface area contributed by atoms with Crippen LogP contribution in [0.4, 0.5) is 4.39 Å². The third kappa shape index (κ3) is 3.70. The molecule has 0 N–H and O–H groups in total. The predicted molar refractivity (Wildman–Crippen MR) is 68.7 cm³/mol. The number of hydrogen-bond donors (Lipinski definition) is 0. The second-order valence-electron chi connectivity index (χ2n) is 3.16. The summed E-state index contributed by atoms with van der Waals surface area (Å²) in [5.74, 6) is -0.444. The van der Waals surface area contributed by atoms with E-state index >= 15 is 0 Å². The molecule has 0 aliphatic heterocycles. The van der Waals surface area contributed by atoms with Gasteiger partial charge in [0.15, 0.2) is 5.78 Å². The minimum Gasteiger partial charge on any atom is -0.493 e. The predicted octanol–water partition coefficient (Wildman–Crippen LogP) is 4.42. The van der Waals surface area contributed by atoms with E-state index in [9.17, 15) is 9.18 Å². The Labute approximate surface area is 107 Å². The Balaban J connectivity index is 0.00000121. The lowest BCUT2D eigenvalue weighted by Gasteiger charge is -2.12. The molecule has 2 nitrogen and oxygen atoms in total. The van der Waals surface area contributed by atoms with Crippen LogP contribution in [0.15, 0.2) is 6.07 Å². The maximum absolute atomic E-state index is 13.4. The molecule has 1 aromatic rings. The van der Waals surface area contributed by atoms with Crippen LogP contribution in [0.25, 0.3) is 0 Å². The average Bonchev–Trinajstić information content (AvgIpc) is 2.32. The van der Waals surface area contributed by atoms with Gasteiger partial charge in [0.25, 0.3) is 0 Å². The van der Waals surface area contributed by atoms with Crippen LogP contribution < -0.4 is 4.74 Å². The lowest BCUT2D eigenvalue weighted by Crippen LogP contribution is -2.04. The fourth-order valence-electron chi connectivity index (χ4n) is 1.33. The van der Waals surface area contributed by atoms with E-state index in [-0.39, 0.29) is 22.1 Å². The molecule has 0 spiro atoms. The van der Waals surface area contributed by atoms with Gasteiger partial charge in [-0.3, -0.25) is 4.79 Å². The zero-order valence-electron chi connectivity index (χ0n) is 10.9. The highest BCUT2D eigenvalue weighted by Gasteiger charge is 2.17. The molecule has 0 atom stereocenters. The third-order valence-electron chi connectivity index (χ3n) is 2.06. The summed E-state index contributed by atoms with van der Waals surface area (Å²) in [6.45, 7) is 9.09. The maximum Gasteiger partial charge on any atom is 0.163 e. The van der Waals surface area contributed by atoms with E-state index < -0.39 is 5.82 Å². The van der Waals surface area contributed by atoms with Crippen molar-refractivity contribution in [3.05, 3.63) is 28.0 Å². The number of halogens is 2. The van der Waals surface area contributed by atoms with E-state index in [4.69, 9.17) is 16.3 Å². The number of ether oxygens (including phenoxy) is 1. The minimum atomic E-state index is -0.537. The fraction of sp³-hybridized carbons (Fsp3) is 0.462. The summed E-state index contributed by atoms with van der Waals surface area (Å²) in [5.41, 5.74) is 0.593. The summed E-state index contributed by atoms with van der Waals surface area (Å²) in [6, 6.07) is 1.30. The molecule has 0 heterocycles. The van der Waals surface area contributed by atoms with Crippen molar-refractivity contribution in [3.8, 4) is 5.75 Å².